The Labute approximate surface area is 125 Å². The second kappa shape index (κ2) is 6.15. The average molecular weight is 346 g/mol. The van der Waals surface area contributed by atoms with E-state index in [0.29, 0.717) is 0 Å². The first-order valence-electron chi connectivity index (χ1n) is 5.63. The normalized spacial score (nSPS) is 12.7. The number of thiazole rings is 1. The Morgan fingerprint density at radius 2 is 2.28 bits per heavy atom. The molecule has 0 aliphatic rings. The first-order valence-corrected chi connectivity index (χ1v) is 7.68. The van der Waals surface area contributed by atoms with Crippen molar-refractivity contribution in [3.8, 4) is 0 Å². The summed E-state index contributed by atoms with van der Waals surface area (Å²) in [6.45, 7) is 2.02. The predicted octanol–water partition coefficient (Wildman–Crippen LogP) is 4.37. The van der Waals surface area contributed by atoms with Gasteiger partial charge >= 0.3 is 0 Å². The van der Waals surface area contributed by atoms with Gasteiger partial charge in [0.15, 0.2) is 0 Å². The minimum atomic E-state index is 0.187. The number of hydrogen-bond acceptors (Lipinski definition) is 3. The molecule has 1 heterocycles. The van der Waals surface area contributed by atoms with Crippen molar-refractivity contribution >= 4 is 38.9 Å². The molecule has 0 amide bonds. The molecule has 0 saturated heterocycles. The summed E-state index contributed by atoms with van der Waals surface area (Å²) in [5.74, 6) is 0. The van der Waals surface area contributed by atoms with Gasteiger partial charge in [0.25, 0.3) is 0 Å². The van der Waals surface area contributed by atoms with E-state index in [4.69, 9.17) is 11.6 Å². The van der Waals surface area contributed by atoms with Crippen molar-refractivity contribution in [2.75, 3.05) is 7.05 Å². The number of nitrogens with one attached hydrogen (secondary N) is 1. The van der Waals surface area contributed by atoms with E-state index in [0.717, 1.165) is 32.2 Å². The van der Waals surface area contributed by atoms with E-state index >= 15 is 0 Å². The topological polar surface area (TPSA) is 24.9 Å². The molecule has 0 aliphatic carbocycles. The Hall–Kier alpha value is -0.420. The third kappa shape index (κ3) is 3.32. The third-order valence-electron chi connectivity index (χ3n) is 2.77. The van der Waals surface area contributed by atoms with E-state index in [1.165, 1.54) is 0 Å². The summed E-state index contributed by atoms with van der Waals surface area (Å²) < 4.78 is 0.996. The van der Waals surface area contributed by atoms with Crippen molar-refractivity contribution < 1.29 is 0 Å². The molecule has 1 N–H and O–H groups in total. The van der Waals surface area contributed by atoms with Gasteiger partial charge in [-0.15, -0.1) is 11.3 Å². The molecule has 1 aromatic carbocycles. The molecule has 18 heavy (non-hydrogen) atoms. The summed E-state index contributed by atoms with van der Waals surface area (Å²) >= 11 is 11.4. The Kier molecular flexibility index (Phi) is 4.78. The number of aromatic nitrogens is 1. The highest BCUT2D eigenvalue weighted by molar-refractivity contribution is 9.10. The van der Waals surface area contributed by atoms with Gasteiger partial charge in [-0.05, 0) is 31.7 Å². The fourth-order valence-electron chi connectivity index (χ4n) is 1.86. The zero-order valence-electron chi connectivity index (χ0n) is 10.2. The molecule has 2 nitrogen and oxygen atoms in total. The molecular weight excluding hydrogens is 332 g/mol. The molecule has 0 radical (unpaired) electrons. The lowest BCUT2D eigenvalue weighted by molar-refractivity contribution is 0.585. The Bertz CT molecular complexity index is 542. The molecule has 1 atom stereocenters. The molecule has 5 heteroatoms. The lowest BCUT2D eigenvalue weighted by Crippen LogP contribution is -2.19. The van der Waals surface area contributed by atoms with Crippen molar-refractivity contribution in [2.45, 2.75) is 19.4 Å². The maximum Gasteiger partial charge on any atom is 0.0897 e. The molecule has 2 rings (SSSR count). The van der Waals surface area contributed by atoms with Gasteiger partial charge in [0, 0.05) is 27.3 Å². The maximum absolute atomic E-state index is 6.29. The van der Waals surface area contributed by atoms with Gasteiger partial charge in [0.1, 0.15) is 0 Å². The van der Waals surface area contributed by atoms with Crippen LogP contribution in [0, 0.1) is 6.92 Å². The van der Waals surface area contributed by atoms with Gasteiger partial charge in [-0.2, -0.15) is 0 Å². The lowest BCUT2D eigenvalue weighted by atomic mass is 10.0. The minimum absolute atomic E-state index is 0.187. The van der Waals surface area contributed by atoms with Crippen LogP contribution in [0.1, 0.15) is 22.3 Å². The zero-order chi connectivity index (χ0) is 13.1. The van der Waals surface area contributed by atoms with Crippen LogP contribution in [0.3, 0.4) is 0 Å². The highest BCUT2D eigenvalue weighted by Crippen LogP contribution is 2.28. The van der Waals surface area contributed by atoms with Gasteiger partial charge in [-0.1, -0.05) is 33.6 Å². The quantitative estimate of drug-likeness (QED) is 0.890. The highest BCUT2D eigenvalue weighted by atomic mass is 79.9. The van der Waals surface area contributed by atoms with Crippen molar-refractivity contribution in [1.82, 2.24) is 10.3 Å². The van der Waals surface area contributed by atoms with E-state index in [1.807, 2.05) is 32.2 Å². The highest BCUT2D eigenvalue weighted by Gasteiger charge is 2.15. The molecule has 2 aromatic rings. The molecule has 96 valence electrons. The van der Waals surface area contributed by atoms with Crippen LogP contribution in [0.2, 0.25) is 5.02 Å². The van der Waals surface area contributed by atoms with E-state index < -0.39 is 0 Å². The van der Waals surface area contributed by atoms with Gasteiger partial charge in [0.2, 0.25) is 0 Å². The standard InChI is InChI=1S/C13H14BrClN2S/c1-8-17-10(7-18-8)6-13(16-2)11-4-3-9(14)5-12(11)15/h3-5,7,13,16H,6H2,1-2H3. The van der Waals surface area contributed by atoms with Crippen molar-refractivity contribution in [1.29, 1.82) is 0 Å². The SMILES string of the molecule is CNC(Cc1csc(C)n1)c1ccc(Br)cc1Cl. The zero-order valence-corrected chi connectivity index (χ0v) is 13.4. The monoisotopic (exact) mass is 344 g/mol. The molecule has 0 aliphatic heterocycles. The maximum atomic E-state index is 6.29. The summed E-state index contributed by atoms with van der Waals surface area (Å²) in [4.78, 5) is 4.50. The molecule has 0 fully saturated rings. The minimum Gasteiger partial charge on any atom is -0.313 e. The van der Waals surface area contributed by atoms with Crippen molar-refractivity contribution in [2.24, 2.45) is 0 Å². The number of nitrogens with zero attached hydrogens (tertiary/aromatic N) is 1. The summed E-state index contributed by atoms with van der Waals surface area (Å²) in [5.41, 5.74) is 2.21. The smallest absolute Gasteiger partial charge is 0.0897 e. The summed E-state index contributed by atoms with van der Waals surface area (Å²) in [7, 11) is 1.95. The molecular formula is C13H14BrClN2S. The van der Waals surface area contributed by atoms with Crippen LogP contribution < -0.4 is 5.32 Å². The summed E-state index contributed by atoms with van der Waals surface area (Å²) in [6, 6.07) is 6.17. The second-order valence-corrected chi connectivity index (χ2v) is 6.45. The largest absolute Gasteiger partial charge is 0.313 e. The first kappa shape index (κ1) is 14.0. The molecule has 0 saturated carbocycles. The fourth-order valence-corrected chi connectivity index (χ4v) is 3.29. The van der Waals surface area contributed by atoms with Gasteiger partial charge in [-0.3, -0.25) is 0 Å². The summed E-state index contributed by atoms with van der Waals surface area (Å²) in [6.07, 6.45) is 0.849. The molecule has 0 bridgehead atoms. The van der Waals surface area contributed by atoms with E-state index in [9.17, 15) is 0 Å². The number of hydrogen-bond donors (Lipinski definition) is 1. The predicted molar refractivity (Wildman–Crippen MR) is 81.5 cm³/mol. The third-order valence-corrected chi connectivity index (χ3v) is 4.41. The van der Waals surface area contributed by atoms with Crippen LogP contribution in [-0.4, -0.2) is 12.0 Å². The number of aryl methyl sites for hydroxylation is 1. The number of rotatable bonds is 4. The number of halogens is 2. The lowest BCUT2D eigenvalue weighted by Gasteiger charge is -2.17. The number of likely N-dealkylation sites (N-methyl/N-ethyl adjacent to an activating group) is 1. The average Bonchev–Trinajstić information content (AvgIpc) is 2.72. The first-order chi connectivity index (χ1) is 8.60. The van der Waals surface area contributed by atoms with Gasteiger partial charge < -0.3 is 5.32 Å². The molecule has 1 unspecified atom stereocenters. The van der Waals surface area contributed by atoms with E-state index in [-0.39, 0.29) is 6.04 Å². The second-order valence-electron chi connectivity index (χ2n) is 4.07. The fraction of sp³-hybridized carbons (Fsp3) is 0.308. The van der Waals surface area contributed by atoms with E-state index in [2.05, 4.69) is 31.6 Å². The summed E-state index contributed by atoms with van der Waals surface area (Å²) in [5, 5.41) is 7.28. The van der Waals surface area contributed by atoms with Crippen molar-refractivity contribution in [3.05, 3.63) is 49.3 Å². The van der Waals surface area contributed by atoms with Crippen LogP contribution in [0.4, 0.5) is 0 Å². The van der Waals surface area contributed by atoms with Crippen LogP contribution in [0.15, 0.2) is 28.1 Å². The molecule has 1 aromatic heterocycles. The molecule has 0 spiro atoms. The Morgan fingerprint density at radius 1 is 1.50 bits per heavy atom. The van der Waals surface area contributed by atoms with Crippen LogP contribution in [0.5, 0.6) is 0 Å². The van der Waals surface area contributed by atoms with Gasteiger partial charge in [-0.25, -0.2) is 4.98 Å². The van der Waals surface area contributed by atoms with Gasteiger partial charge in [0.05, 0.1) is 10.7 Å². The van der Waals surface area contributed by atoms with E-state index in [1.54, 1.807) is 11.3 Å². The van der Waals surface area contributed by atoms with Crippen LogP contribution in [0.25, 0.3) is 0 Å². The van der Waals surface area contributed by atoms with Crippen LogP contribution >= 0.6 is 38.9 Å². The number of benzene rings is 1. The Balaban J connectivity index is 2.22. The Morgan fingerprint density at radius 3 is 2.83 bits per heavy atom. The van der Waals surface area contributed by atoms with Crippen molar-refractivity contribution in [3.63, 3.8) is 0 Å². The van der Waals surface area contributed by atoms with Crippen LogP contribution in [-0.2, 0) is 6.42 Å².